The van der Waals surface area contributed by atoms with Gasteiger partial charge in [0.25, 0.3) is 0 Å². The lowest BCUT2D eigenvalue weighted by Crippen LogP contribution is -2.47. The van der Waals surface area contributed by atoms with Crippen molar-refractivity contribution in [1.29, 1.82) is 0 Å². The van der Waals surface area contributed by atoms with Crippen molar-refractivity contribution in [2.45, 2.75) is 46.3 Å². The largest absolute Gasteiger partial charge is 0.493 e. The van der Waals surface area contributed by atoms with E-state index >= 15 is 0 Å². The van der Waals surface area contributed by atoms with Crippen molar-refractivity contribution in [2.75, 3.05) is 32.8 Å². The molecule has 8 nitrogen and oxygen atoms in total. The summed E-state index contributed by atoms with van der Waals surface area (Å²) in [5.41, 5.74) is 6.34. The minimum absolute atomic E-state index is 0.00857. The molecule has 268 valence electrons. The second-order valence-electron chi connectivity index (χ2n) is 13.3. The average molecular weight is 717 g/mol. The molecule has 52 heavy (non-hydrogen) atoms. The highest BCUT2D eigenvalue weighted by molar-refractivity contribution is 6.32. The number of carbonyl (C=O) groups is 1. The second-order valence-corrected chi connectivity index (χ2v) is 13.7. The molecule has 2 aromatic heterocycles. The van der Waals surface area contributed by atoms with Crippen LogP contribution in [-0.4, -0.2) is 58.5 Å². The number of rotatable bonds is 14. The van der Waals surface area contributed by atoms with Gasteiger partial charge in [0, 0.05) is 57.5 Å². The molecule has 0 saturated carbocycles. The van der Waals surface area contributed by atoms with Crippen LogP contribution in [0, 0.1) is 6.92 Å². The lowest BCUT2D eigenvalue weighted by Gasteiger charge is -2.34. The summed E-state index contributed by atoms with van der Waals surface area (Å²) in [7, 11) is 0. The maximum absolute atomic E-state index is 13.1. The molecule has 1 saturated heterocycles. The SMILES string of the molecule is Cc1cc(/C=C/C(=O)N2CCN(Cc3ccc(CCOc4ccc(C(C)C)cc4)cc3)CC2)cc(Cl)c1Oc1ccc(OCc2ccccn2)cn1. The number of amides is 1. The summed E-state index contributed by atoms with van der Waals surface area (Å²) in [6.45, 7) is 11.2. The number of hydrogen-bond donors (Lipinski definition) is 0. The quantitative estimate of drug-likeness (QED) is 0.106. The zero-order chi connectivity index (χ0) is 36.3. The van der Waals surface area contributed by atoms with Crippen LogP contribution in [0.15, 0.2) is 109 Å². The van der Waals surface area contributed by atoms with Crippen LogP contribution in [0.2, 0.25) is 5.02 Å². The Morgan fingerprint density at radius 2 is 1.62 bits per heavy atom. The molecule has 0 N–H and O–H groups in total. The summed E-state index contributed by atoms with van der Waals surface area (Å²) in [4.78, 5) is 26.0. The minimum atomic E-state index is -0.00857. The zero-order valence-corrected chi connectivity index (χ0v) is 30.8. The van der Waals surface area contributed by atoms with Crippen LogP contribution in [0.1, 0.15) is 53.3 Å². The molecule has 0 bridgehead atoms. The van der Waals surface area contributed by atoms with Crippen molar-refractivity contribution in [3.8, 4) is 23.1 Å². The number of hydrogen-bond acceptors (Lipinski definition) is 7. The number of pyridine rings is 2. The van der Waals surface area contributed by atoms with E-state index in [1.807, 2.05) is 36.1 Å². The molecule has 1 fully saturated rings. The van der Waals surface area contributed by atoms with Crippen LogP contribution >= 0.6 is 11.6 Å². The van der Waals surface area contributed by atoms with E-state index in [1.54, 1.807) is 42.7 Å². The van der Waals surface area contributed by atoms with Gasteiger partial charge in [-0.15, -0.1) is 0 Å². The standard InChI is InChI=1S/C43H45ClN4O4/c1-31(2)36-12-14-38(15-13-36)50-25-19-33-7-9-34(10-8-33)29-47-21-23-48(24-22-47)42(49)18-11-35-26-32(3)43(40(44)27-35)52-41-17-16-39(28-46-41)51-30-37-6-4-5-20-45-37/h4-18,20,26-28,31H,19,21-25,29-30H2,1-3H3/b18-11+. The fourth-order valence-electron chi connectivity index (χ4n) is 5.95. The third-order valence-electron chi connectivity index (χ3n) is 9.02. The Hall–Kier alpha value is -5.18. The van der Waals surface area contributed by atoms with E-state index in [4.69, 9.17) is 25.8 Å². The molecule has 3 heterocycles. The fraction of sp³-hybridized carbons (Fsp3) is 0.279. The van der Waals surface area contributed by atoms with Gasteiger partial charge in [-0.2, -0.15) is 0 Å². The van der Waals surface area contributed by atoms with Gasteiger partial charge in [-0.1, -0.05) is 67.9 Å². The first-order chi connectivity index (χ1) is 25.3. The van der Waals surface area contributed by atoms with E-state index in [2.05, 4.69) is 77.2 Å². The molecule has 6 rings (SSSR count). The molecule has 1 aliphatic rings. The highest BCUT2D eigenvalue weighted by Crippen LogP contribution is 2.34. The second kappa shape index (κ2) is 17.8. The molecule has 0 radical (unpaired) electrons. The third-order valence-corrected chi connectivity index (χ3v) is 9.30. The number of aryl methyl sites for hydroxylation is 1. The van der Waals surface area contributed by atoms with E-state index in [1.165, 1.54) is 16.7 Å². The number of piperazine rings is 1. The van der Waals surface area contributed by atoms with Crippen molar-refractivity contribution in [3.63, 3.8) is 0 Å². The molecular weight excluding hydrogens is 672 g/mol. The van der Waals surface area contributed by atoms with Gasteiger partial charge < -0.3 is 19.1 Å². The number of nitrogens with zero attached hydrogens (tertiary/aromatic N) is 4. The summed E-state index contributed by atoms with van der Waals surface area (Å²) < 4.78 is 17.7. The molecule has 1 amide bonds. The topological polar surface area (TPSA) is 77.0 Å². The summed E-state index contributed by atoms with van der Waals surface area (Å²) in [6.07, 6.45) is 7.62. The van der Waals surface area contributed by atoms with Gasteiger partial charge in [0.2, 0.25) is 11.8 Å². The smallest absolute Gasteiger partial charge is 0.246 e. The van der Waals surface area contributed by atoms with Gasteiger partial charge in [-0.25, -0.2) is 4.98 Å². The van der Waals surface area contributed by atoms with Crippen LogP contribution in [0.4, 0.5) is 0 Å². The van der Waals surface area contributed by atoms with E-state index in [0.29, 0.717) is 54.6 Å². The lowest BCUT2D eigenvalue weighted by molar-refractivity contribution is -0.127. The normalized spacial score (nSPS) is 13.4. The molecule has 0 atom stereocenters. The first kappa shape index (κ1) is 36.6. The predicted octanol–water partition coefficient (Wildman–Crippen LogP) is 8.91. The summed E-state index contributed by atoms with van der Waals surface area (Å²) in [6, 6.07) is 30.1. The first-order valence-corrected chi connectivity index (χ1v) is 18.1. The van der Waals surface area contributed by atoms with Crippen molar-refractivity contribution in [2.24, 2.45) is 0 Å². The summed E-state index contributed by atoms with van der Waals surface area (Å²) >= 11 is 6.62. The number of carbonyl (C=O) groups excluding carboxylic acids is 1. The summed E-state index contributed by atoms with van der Waals surface area (Å²) in [5.74, 6) is 2.95. The highest BCUT2D eigenvalue weighted by atomic mass is 35.5. The van der Waals surface area contributed by atoms with E-state index in [9.17, 15) is 4.79 Å². The van der Waals surface area contributed by atoms with Crippen molar-refractivity contribution >= 4 is 23.6 Å². The van der Waals surface area contributed by atoms with E-state index in [0.717, 1.165) is 48.6 Å². The molecule has 0 spiro atoms. The van der Waals surface area contributed by atoms with E-state index < -0.39 is 0 Å². The number of halogens is 1. The molecule has 0 unspecified atom stereocenters. The molecule has 3 aromatic carbocycles. The monoisotopic (exact) mass is 716 g/mol. The number of benzene rings is 3. The predicted molar refractivity (Wildman–Crippen MR) is 206 cm³/mol. The Morgan fingerprint density at radius 1 is 0.865 bits per heavy atom. The van der Waals surface area contributed by atoms with Crippen molar-refractivity contribution < 1.29 is 19.0 Å². The van der Waals surface area contributed by atoms with Gasteiger partial charge in [0.15, 0.2) is 5.75 Å². The molecule has 0 aliphatic carbocycles. The number of ether oxygens (including phenoxy) is 3. The summed E-state index contributed by atoms with van der Waals surface area (Å²) in [5, 5.41) is 0.437. The maximum atomic E-state index is 13.1. The number of aromatic nitrogens is 2. The lowest BCUT2D eigenvalue weighted by atomic mass is 10.0. The van der Waals surface area contributed by atoms with E-state index in [-0.39, 0.29) is 5.91 Å². The van der Waals surface area contributed by atoms with Crippen molar-refractivity contribution in [1.82, 2.24) is 19.8 Å². The first-order valence-electron chi connectivity index (χ1n) is 17.8. The van der Waals surface area contributed by atoms with Crippen LogP contribution < -0.4 is 14.2 Å². The van der Waals surface area contributed by atoms with Crippen molar-refractivity contribution in [3.05, 3.63) is 148 Å². The van der Waals surface area contributed by atoms with Crippen LogP contribution in [0.3, 0.4) is 0 Å². The van der Waals surface area contributed by atoms with Crippen LogP contribution in [0.5, 0.6) is 23.1 Å². The van der Waals surface area contributed by atoms with Crippen LogP contribution in [-0.2, 0) is 24.4 Å². The van der Waals surface area contributed by atoms with Gasteiger partial charge in [0.1, 0.15) is 18.1 Å². The van der Waals surface area contributed by atoms with Crippen LogP contribution in [0.25, 0.3) is 6.08 Å². The molecule has 1 aliphatic heterocycles. The molecular formula is C43H45ClN4O4. The Bertz CT molecular complexity index is 1900. The average Bonchev–Trinajstić information content (AvgIpc) is 3.16. The van der Waals surface area contributed by atoms with Gasteiger partial charge in [0.05, 0.1) is 23.5 Å². The third kappa shape index (κ3) is 10.4. The maximum Gasteiger partial charge on any atom is 0.246 e. The minimum Gasteiger partial charge on any atom is -0.493 e. The molecule has 5 aromatic rings. The Labute approximate surface area is 311 Å². The zero-order valence-electron chi connectivity index (χ0n) is 30.0. The molecule has 9 heteroatoms. The Kier molecular flexibility index (Phi) is 12.6. The fourth-order valence-corrected chi connectivity index (χ4v) is 6.26. The van der Waals surface area contributed by atoms with Gasteiger partial charge >= 0.3 is 0 Å². The van der Waals surface area contributed by atoms with Gasteiger partial charge in [-0.3, -0.25) is 14.7 Å². The van der Waals surface area contributed by atoms with Gasteiger partial charge in [-0.05, 0) is 89.2 Å². The Morgan fingerprint density at radius 3 is 2.29 bits per heavy atom. The highest BCUT2D eigenvalue weighted by Gasteiger charge is 2.20. The Balaban J connectivity index is 0.923.